The van der Waals surface area contributed by atoms with E-state index in [0.29, 0.717) is 31.2 Å². The maximum absolute atomic E-state index is 12.6. The fourth-order valence-corrected chi connectivity index (χ4v) is 3.97. The van der Waals surface area contributed by atoms with Gasteiger partial charge in [-0.15, -0.1) is 11.3 Å². The first-order chi connectivity index (χ1) is 13.0. The number of aromatic nitrogens is 1. The van der Waals surface area contributed by atoms with Gasteiger partial charge in [-0.05, 0) is 31.5 Å². The number of aryl methyl sites for hydroxylation is 2. The first kappa shape index (κ1) is 19.6. The summed E-state index contributed by atoms with van der Waals surface area (Å²) in [6.45, 7) is 7.04. The van der Waals surface area contributed by atoms with Gasteiger partial charge in [-0.25, -0.2) is 4.98 Å². The Hall–Kier alpha value is -2.12. The highest BCUT2D eigenvalue weighted by molar-refractivity contribution is 7.11. The maximum atomic E-state index is 12.6. The molecule has 1 aliphatic rings. The summed E-state index contributed by atoms with van der Waals surface area (Å²) in [6, 6.07) is 7.62. The molecule has 2 aromatic rings. The molecule has 1 N–H and O–H groups in total. The van der Waals surface area contributed by atoms with Gasteiger partial charge in [0.2, 0.25) is 5.91 Å². The first-order valence-corrected chi connectivity index (χ1v) is 10.1. The van der Waals surface area contributed by atoms with Gasteiger partial charge in [0.25, 0.3) is 0 Å². The van der Waals surface area contributed by atoms with Crippen molar-refractivity contribution in [1.29, 1.82) is 0 Å². The molecule has 27 heavy (non-hydrogen) atoms. The zero-order valence-corrected chi connectivity index (χ0v) is 17.4. The smallest absolute Gasteiger partial charge is 0.242 e. The molecule has 144 valence electrons. The number of carbonyl (C=O) groups excluding carboxylic acids is 1. The van der Waals surface area contributed by atoms with Crippen LogP contribution in [0, 0.1) is 13.8 Å². The van der Waals surface area contributed by atoms with Crippen molar-refractivity contribution < 1.29 is 4.79 Å². The molecular formula is C19H24ClN5OS. The minimum atomic E-state index is 0.0973. The Morgan fingerprint density at radius 2 is 2.04 bits per heavy atom. The number of nitrogens with zero attached hydrogens (tertiary/aromatic N) is 4. The van der Waals surface area contributed by atoms with E-state index in [1.165, 1.54) is 4.88 Å². The van der Waals surface area contributed by atoms with Gasteiger partial charge < -0.3 is 15.1 Å². The average molecular weight is 406 g/mol. The molecule has 0 atom stereocenters. The van der Waals surface area contributed by atoms with Crippen LogP contribution in [0.4, 0.5) is 0 Å². The Bertz CT molecular complexity index is 814. The summed E-state index contributed by atoms with van der Waals surface area (Å²) in [4.78, 5) is 26.6. The number of rotatable bonds is 4. The van der Waals surface area contributed by atoms with E-state index >= 15 is 0 Å². The number of aliphatic imine (C=N–C) groups is 1. The van der Waals surface area contributed by atoms with Crippen LogP contribution in [-0.2, 0) is 17.9 Å². The second kappa shape index (κ2) is 8.71. The largest absolute Gasteiger partial charge is 0.350 e. The molecule has 6 nitrogen and oxygen atoms in total. The first-order valence-electron chi connectivity index (χ1n) is 8.87. The Morgan fingerprint density at radius 1 is 1.30 bits per heavy atom. The van der Waals surface area contributed by atoms with Crippen molar-refractivity contribution in [2.45, 2.75) is 26.9 Å². The molecule has 1 aliphatic heterocycles. The average Bonchev–Trinajstić information content (AvgIpc) is 2.97. The van der Waals surface area contributed by atoms with Crippen molar-refractivity contribution in [3.8, 4) is 0 Å². The van der Waals surface area contributed by atoms with Crippen LogP contribution in [0.2, 0.25) is 5.02 Å². The van der Waals surface area contributed by atoms with Crippen molar-refractivity contribution in [2.24, 2.45) is 4.99 Å². The highest BCUT2D eigenvalue weighted by Gasteiger charge is 2.26. The summed E-state index contributed by atoms with van der Waals surface area (Å²) in [5.41, 5.74) is 2.15. The number of benzene rings is 1. The van der Waals surface area contributed by atoms with Gasteiger partial charge >= 0.3 is 0 Å². The lowest BCUT2D eigenvalue weighted by Crippen LogP contribution is -2.54. The number of hydrogen-bond acceptors (Lipinski definition) is 4. The van der Waals surface area contributed by atoms with E-state index in [1.807, 2.05) is 41.0 Å². The Kier molecular flexibility index (Phi) is 6.34. The van der Waals surface area contributed by atoms with E-state index in [0.717, 1.165) is 28.8 Å². The Morgan fingerprint density at radius 3 is 2.63 bits per heavy atom. The predicted molar refractivity (Wildman–Crippen MR) is 110 cm³/mol. The maximum Gasteiger partial charge on any atom is 0.242 e. The van der Waals surface area contributed by atoms with Crippen LogP contribution in [0.3, 0.4) is 0 Å². The molecule has 1 amide bonds. The highest BCUT2D eigenvalue weighted by atomic mass is 35.5. The van der Waals surface area contributed by atoms with Gasteiger partial charge in [-0.2, -0.15) is 0 Å². The van der Waals surface area contributed by atoms with Crippen molar-refractivity contribution >= 4 is 34.8 Å². The zero-order valence-electron chi connectivity index (χ0n) is 15.8. The van der Waals surface area contributed by atoms with Crippen molar-refractivity contribution in [3.05, 3.63) is 50.4 Å². The summed E-state index contributed by atoms with van der Waals surface area (Å²) in [5.74, 6) is 0.833. The van der Waals surface area contributed by atoms with Gasteiger partial charge in [-0.3, -0.25) is 9.79 Å². The van der Waals surface area contributed by atoms with Gasteiger partial charge in [0.15, 0.2) is 5.96 Å². The van der Waals surface area contributed by atoms with Crippen LogP contribution in [0.25, 0.3) is 0 Å². The summed E-state index contributed by atoms with van der Waals surface area (Å²) < 4.78 is 0. The second-order valence-electron chi connectivity index (χ2n) is 6.51. The molecule has 1 saturated heterocycles. The van der Waals surface area contributed by atoms with E-state index < -0.39 is 0 Å². The molecule has 1 fully saturated rings. The number of thiazole rings is 1. The highest BCUT2D eigenvalue weighted by Crippen LogP contribution is 2.17. The fraction of sp³-hybridized carbons (Fsp3) is 0.421. The molecule has 0 radical (unpaired) electrons. The molecule has 8 heteroatoms. The standard InChI is InChI=1S/C19H24ClN5OS/c1-13-14(2)27-17(23-13)10-22-19(21-3)25-9-8-24(18(26)12-25)11-15-4-6-16(20)7-5-15/h4-7H,8-12H2,1-3H3,(H,21,22). The van der Waals surface area contributed by atoms with Crippen LogP contribution >= 0.6 is 22.9 Å². The molecule has 3 rings (SSSR count). The molecule has 0 unspecified atom stereocenters. The second-order valence-corrected chi connectivity index (χ2v) is 8.24. The lowest BCUT2D eigenvalue weighted by Gasteiger charge is -2.36. The van der Waals surface area contributed by atoms with Gasteiger partial charge in [-0.1, -0.05) is 23.7 Å². The van der Waals surface area contributed by atoms with E-state index in [-0.39, 0.29) is 5.91 Å². The number of nitrogens with one attached hydrogen (secondary N) is 1. The van der Waals surface area contributed by atoms with Crippen LogP contribution in [-0.4, -0.2) is 53.3 Å². The van der Waals surface area contributed by atoms with E-state index in [4.69, 9.17) is 11.6 Å². The molecule has 0 spiro atoms. The molecular weight excluding hydrogens is 382 g/mol. The van der Waals surface area contributed by atoms with Gasteiger partial charge in [0.1, 0.15) is 5.01 Å². The van der Waals surface area contributed by atoms with Gasteiger partial charge in [0.05, 0.1) is 18.8 Å². The van der Waals surface area contributed by atoms with Crippen molar-refractivity contribution in [1.82, 2.24) is 20.1 Å². The summed E-state index contributed by atoms with van der Waals surface area (Å²) in [7, 11) is 1.74. The number of halogens is 1. The third-order valence-corrected chi connectivity index (χ3v) is 5.91. The van der Waals surface area contributed by atoms with E-state index in [1.54, 1.807) is 18.4 Å². The molecule has 0 aliphatic carbocycles. The molecule has 1 aromatic carbocycles. The quantitative estimate of drug-likeness (QED) is 0.627. The summed E-state index contributed by atoms with van der Waals surface area (Å²) >= 11 is 7.61. The Labute approximate surface area is 168 Å². The van der Waals surface area contributed by atoms with Gasteiger partial charge in [0, 0.05) is 36.6 Å². The Balaban J connectivity index is 1.55. The number of piperazine rings is 1. The minimum absolute atomic E-state index is 0.0973. The summed E-state index contributed by atoms with van der Waals surface area (Å²) in [6.07, 6.45) is 0. The lowest BCUT2D eigenvalue weighted by atomic mass is 10.2. The zero-order chi connectivity index (χ0) is 19.4. The SMILES string of the molecule is CN=C(NCc1nc(C)c(C)s1)N1CCN(Cc2ccc(Cl)cc2)C(=O)C1. The normalized spacial score (nSPS) is 15.4. The lowest BCUT2D eigenvalue weighted by molar-refractivity contribution is -0.135. The molecule has 0 saturated carbocycles. The number of guanidine groups is 1. The third kappa shape index (κ3) is 4.99. The molecule has 1 aromatic heterocycles. The van der Waals surface area contributed by atoms with Crippen LogP contribution in [0.1, 0.15) is 21.1 Å². The minimum Gasteiger partial charge on any atom is -0.350 e. The fourth-order valence-electron chi connectivity index (χ4n) is 2.97. The molecule has 0 bridgehead atoms. The number of carbonyl (C=O) groups is 1. The number of hydrogen-bond donors (Lipinski definition) is 1. The topological polar surface area (TPSA) is 60.8 Å². The van der Waals surface area contributed by atoms with E-state index in [9.17, 15) is 4.79 Å². The third-order valence-electron chi connectivity index (χ3n) is 4.59. The van der Waals surface area contributed by atoms with Crippen LogP contribution in [0.15, 0.2) is 29.3 Å². The number of amides is 1. The van der Waals surface area contributed by atoms with Crippen molar-refractivity contribution in [3.63, 3.8) is 0 Å². The molecule has 2 heterocycles. The van der Waals surface area contributed by atoms with E-state index in [2.05, 4.69) is 22.2 Å². The van der Waals surface area contributed by atoms with Crippen LogP contribution in [0.5, 0.6) is 0 Å². The predicted octanol–water partition coefficient (Wildman–Crippen LogP) is 2.83. The summed E-state index contributed by atoms with van der Waals surface area (Å²) in [5, 5.41) is 5.06. The monoisotopic (exact) mass is 405 g/mol. The van der Waals surface area contributed by atoms with Crippen LogP contribution < -0.4 is 5.32 Å². The van der Waals surface area contributed by atoms with Crippen molar-refractivity contribution in [2.75, 3.05) is 26.7 Å².